The van der Waals surface area contributed by atoms with Crippen LogP contribution in [-0.2, 0) is 16.4 Å². The molecule has 4 nitrogen and oxygen atoms in total. The fourth-order valence-electron chi connectivity index (χ4n) is 2.64. The van der Waals surface area contributed by atoms with Crippen LogP contribution in [0.5, 0.6) is 0 Å². The van der Waals surface area contributed by atoms with Gasteiger partial charge in [-0.3, -0.25) is 0 Å². The van der Waals surface area contributed by atoms with Gasteiger partial charge in [-0.25, -0.2) is 13.6 Å². The monoisotopic (exact) mass is 296 g/mol. The molecule has 0 aromatic heterocycles. The van der Waals surface area contributed by atoms with Crippen LogP contribution in [0.15, 0.2) is 29.2 Å². The largest absolute Gasteiger partial charge is 0.314 e. The van der Waals surface area contributed by atoms with Crippen LogP contribution in [0.3, 0.4) is 0 Å². The average molecular weight is 296 g/mol. The molecule has 0 aliphatic heterocycles. The number of hydrogen-bond acceptors (Lipinski definition) is 3. The van der Waals surface area contributed by atoms with Crippen molar-refractivity contribution in [2.45, 2.75) is 44.0 Å². The van der Waals surface area contributed by atoms with Gasteiger partial charge in [0.15, 0.2) is 0 Å². The van der Waals surface area contributed by atoms with E-state index in [-0.39, 0.29) is 4.90 Å². The molecule has 1 aromatic rings. The Balaban J connectivity index is 1.73. The van der Waals surface area contributed by atoms with Crippen LogP contribution in [0.4, 0.5) is 0 Å². The van der Waals surface area contributed by atoms with Gasteiger partial charge in [0.1, 0.15) is 0 Å². The third-order valence-corrected chi connectivity index (χ3v) is 5.15. The molecule has 0 amide bonds. The summed E-state index contributed by atoms with van der Waals surface area (Å²) in [5.74, 6) is 1.67. The van der Waals surface area contributed by atoms with Gasteiger partial charge in [0, 0.05) is 6.04 Å². The van der Waals surface area contributed by atoms with Gasteiger partial charge in [0.05, 0.1) is 4.90 Å². The average Bonchev–Trinajstić information content (AvgIpc) is 2.31. The van der Waals surface area contributed by atoms with Crippen molar-refractivity contribution in [2.75, 3.05) is 6.54 Å². The van der Waals surface area contributed by atoms with Gasteiger partial charge in [-0.05, 0) is 55.3 Å². The van der Waals surface area contributed by atoms with E-state index >= 15 is 0 Å². The van der Waals surface area contributed by atoms with Crippen LogP contribution in [0.1, 0.15) is 32.3 Å². The van der Waals surface area contributed by atoms with Crippen LogP contribution in [0.2, 0.25) is 0 Å². The van der Waals surface area contributed by atoms with E-state index < -0.39 is 10.0 Å². The number of primary sulfonamides is 1. The van der Waals surface area contributed by atoms with Crippen molar-refractivity contribution in [2.24, 2.45) is 17.0 Å². The first kappa shape index (κ1) is 15.5. The number of hydrogen-bond donors (Lipinski definition) is 2. The summed E-state index contributed by atoms with van der Waals surface area (Å²) in [6.45, 7) is 5.51. The highest BCUT2D eigenvalue weighted by atomic mass is 32.2. The van der Waals surface area contributed by atoms with Crippen LogP contribution in [0, 0.1) is 11.8 Å². The summed E-state index contributed by atoms with van der Waals surface area (Å²) in [6, 6.07) is 7.47. The van der Waals surface area contributed by atoms with E-state index in [2.05, 4.69) is 19.2 Å². The SMILES string of the molecule is CC(C)C1CC(NCCc2ccc(S(N)(=O)=O)cc2)C1. The molecule has 1 fully saturated rings. The molecule has 0 heterocycles. The van der Waals surface area contributed by atoms with Gasteiger partial charge in [-0.15, -0.1) is 0 Å². The van der Waals surface area contributed by atoms with Crippen LogP contribution in [-0.4, -0.2) is 21.0 Å². The normalized spacial score (nSPS) is 22.8. The summed E-state index contributed by atoms with van der Waals surface area (Å²) in [4.78, 5) is 0.174. The first-order valence-electron chi connectivity index (χ1n) is 7.21. The second kappa shape index (κ2) is 6.24. The van der Waals surface area contributed by atoms with Crippen molar-refractivity contribution in [1.82, 2.24) is 5.32 Å². The summed E-state index contributed by atoms with van der Waals surface area (Å²) >= 11 is 0. The van der Waals surface area contributed by atoms with Gasteiger partial charge >= 0.3 is 0 Å². The zero-order valence-corrected chi connectivity index (χ0v) is 13.0. The van der Waals surface area contributed by atoms with Gasteiger partial charge in [0.25, 0.3) is 0 Å². The number of rotatable bonds is 6. The van der Waals surface area contributed by atoms with E-state index in [4.69, 9.17) is 5.14 Å². The highest BCUT2D eigenvalue weighted by Crippen LogP contribution is 2.33. The molecule has 2 rings (SSSR count). The van der Waals surface area contributed by atoms with E-state index in [0.717, 1.165) is 30.4 Å². The van der Waals surface area contributed by atoms with Crippen LogP contribution >= 0.6 is 0 Å². The maximum atomic E-state index is 11.1. The standard InChI is InChI=1S/C15H24N2O2S/c1-11(2)13-9-14(10-13)17-8-7-12-3-5-15(6-4-12)20(16,18)19/h3-6,11,13-14,17H,7-10H2,1-2H3,(H2,16,18,19). The minimum atomic E-state index is -3.58. The zero-order valence-electron chi connectivity index (χ0n) is 12.2. The molecule has 0 saturated heterocycles. The van der Waals surface area contributed by atoms with E-state index in [0.29, 0.717) is 6.04 Å². The Morgan fingerprint density at radius 3 is 2.35 bits per heavy atom. The molecule has 1 aliphatic rings. The molecule has 0 atom stereocenters. The Morgan fingerprint density at radius 1 is 1.25 bits per heavy atom. The lowest BCUT2D eigenvalue weighted by Crippen LogP contribution is -2.43. The maximum Gasteiger partial charge on any atom is 0.238 e. The highest BCUT2D eigenvalue weighted by molar-refractivity contribution is 7.89. The zero-order chi connectivity index (χ0) is 14.8. The lowest BCUT2D eigenvalue weighted by atomic mass is 9.73. The van der Waals surface area contributed by atoms with Crippen LogP contribution in [0.25, 0.3) is 0 Å². The fourth-order valence-corrected chi connectivity index (χ4v) is 3.15. The molecule has 3 N–H and O–H groups in total. The van der Waals surface area contributed by atoms with E-state index in [1.165, 1.54) is 12.8 Å². The number of benzene rings is 1. The molecule has 0 radical (unpaired) electrons. The highest BCUT2D eigenvalue weighted by Gasteiger charge is 2.30. The third-order valence-electron chi connectivity index (χ3n) is 4.22. The Kier molecular flexibility index (Phi) is 4.83. The van der Waals surface area contributed by atoms with Crippen molar-refractivity contribution in [3.63, 3.8) is 0 Å². The Bertz CT molecular complexity index is 531. The molecule has 1 aliphatic carbocycles. The molecule has 1 saturated carbocycles. The van der Waals surface area contributed by atoms with Crippen molar-refractivity contribution in [1.29, 1.82) is 0 Å². The van der Waals surface area contributed by atoms with E-state index in [1.807, 2.05) is 12.1 Å². The summed E-state index contributed by atoms with van der Waals surface area (Å²) < 4.78 is 22.3. The second-order valence-corrected chi connectivity index (χ2v) is 7.63. The minimum absolute atomic E-state index is 0.174. The van der Waals surface area contributed by atoms with E-state index in [1.54, 1.807) is 12.1 Å². The summed E-state index contributed by atoms with van der Waals surface area (Å²) in [6.07, 6.45) is 3.47. The molecule has 112 valence electrons. The Hall–Kier alpha value is -0.910. The smallest absolute Gasteiger partial charge is 0.238 e. The predicted octanol–water partition coefficient (Wildman–Crippen LogP) is 1.90. The molecule has 1 aromatic carbocycles. The van der Waals surface area contributed by atoms with Crippen molar-refractivity contribution < 1.29 is 8.42 Å². The lowest BCUT2D eigenvalue weighted by molar-refractivity contribution is 0.169. The van der Waals surface area contributed by atoms with Crippen molar-refractivity contribution >= 4 is 10.0 Å². The lowest BCUT2D eigenvalue weighted by Gasteiger charge is -2.38. The first-order valence-corrected chi connectivity index (χ1v) is 8.76. The van der Waals surface area contributed by atoms with Gasteiger partial charge in [-0.1, -0.05) is 26.0 Å². The number of nitrogens with one attached hydrogen (secondary N) is 1. The molecule has 0 spiro atoms. The summed E-state index contributed by atoms with van der Waals surface area (Å²) in [7, 11) is -3.58. The summed E-state index contributed by atoms with van der Waals surface area (Å²) in [5, 5.41) is 8.62. The number of sulfonamides is 1. The van der Waals surface area contributed by atoms with Gasteiger partial charge in [-0.2, -0.15) is 0 Å². The topological polar surface area (TPSA) is 72.2 Å². The Labute approximate surface area is 121 Å². The Morgan fingerprint density at radius 2 is 1.85 bits per heavy atom. The van der Waals surface area contributed by atoms with Crippen molar-refractivity contribution in [3.05, 3.63) is 29.8 Å². The minimum Gasteiger partial charge on any atom is -0.314 e. The quantitative estimate of drug-likeness (QED) is 0.842. The molecular weight excluding hydrogens is 272 g/mol. The van der Waals surface area contributed by atoms with Gasteiger partial charge in [0.2, 0.25) is 10.0 Å². The van der Waals surface area contributed by atoms with Crippen molar-refractivity contribution in [3.8, 4) is 0 Å². The molecule has 0 bridgehead atoms. The fraction of sp³-hybridized carbons (Fsp3) is 0.600. The number of nitrogens with two attached hydrogens (primary N) is 1. The van der Waals surface area contributed by atoms with E-state index in [9.17, 15) is 8.42 Å². The predicted molar refractivity (Wildman–Crippen MR) is 80.9 cm³/mol. The van der Waals surface area contributed by atoms with Crippen LogP contribution < -0.4 is 10.5 Å². The molecular formula is C15H24N2O2S. The van der Waals surface area contributed by atoms with Gasteiger partial charge < -0.3 is 5.32 Å². The maximum absolute atomic E-state index is 11.1. The summed E-state index contributed by atoms with van der Waals surface area (Å²) in [5.41, 5.74) is 1.13. The molecule has 0 unspecified atom stereocenters. The molecule has 5 heteroatoms. The molecule has 20 heavy (non-hydrogen) atoms. The third kappa shape index (κ3) is 4.04. The second-order valence-electron chi connectivity index (χ2n) is 6.07. The first-order chi connectivity index (χ1) is 9.36.